The fourth-order valence-corrected chi connectivity index (χ4v) is 7.27. The molecule has 2 heterocycles. The van der Waals surface area contributed by atoms with E-state index < -0.39 is 40.7 Å². The van der Waals surface area contributed by atoms with Crippen molar-refractivity contribution in [3.63, 3.8) is 0 Å². The predicted octanol–water partition coefficient (Wildman–Crippen LogP) is 3.17. The maximum Gasteiger partial charge on any atom is 0.329 e. The minimum atomic E-state index is -1.08. The van der Waals surface area contributed by atoms with Crippen LogP contribution in [0.1, 0.15) is 77.8 Å². The van der Waals surface area contributed by atoms with E-state index in [1.54, 1.807) is 34.0 Å². The zero-order valence-electron chi connectivity index (χ0n) is 25.7. The van der Waals surface area contributed by atoms with Gasteiger partial charge in [0, 0.05) is 30.9 Å². The molecule has 5 rings (SSSR count). The fraction of sp³-hybridized carbons (Fsp3) is 0.656. The number of likely N-dealkylation sites (N-methyl/N-ethyl adjacent to an activating group) is 1. The van der Waals surface area contributed by atoms with E-state index in [1.165, 1.54) is 0 Å². The van der Waals surface area contributed by atoms with Crippen molar-refractivity contribution in [3.8, 4) is 11.5 Å². The van der Waals surface area contributed by atoms with Gasteiger partial charge in [-0.1, -0.05) is 19.9 Å². The fourth-order valence-electron chi connectivity index (χ4n) is 7.27. The van der Waals surface area contributed by atoms with Crippen molar-refractivity contribution >= 4 is 17.8 Å². The number of esters is 2. The van der Waals surface area contributed by atoms with E-state index >= 15 is 0 Å². The SMILES string of the molecule is COc1ccc2c3c1O[C@H]1C(OC(=O)CCCC(=O)N[C@H](C(=O)OC(C)(C)C)C(C)C)=CC[C@@]4(O)[C@@H](C2)N(C)CC[C@]314. The average Bonchev–Trinajstić information content (AvgIpc) is 3.25. The van der Waals surface area contributed by atoms with Gasteiger partial charge in [-0.05, 0) is 77.2 Å². The molecule has 230 valence electrons. The number of nitrogens with zero attached hydrogens (tertiary/aromatic N) is 1. The number of carbonyl (C=O) groups excluding carboxylic acids is 3. The van der Waals surface area contributed by atoms with Crippen LogP contribution in [-0.4, -0.2) is 77.9 Å². The van der Waals surface area contributed by atoms with Crippen LogP contribution in [0.15, 0.2) is 24.0 Å². The Bertz CT molecular complexity index is 1300. The Morgan fingerprint density at radius 1 is 1.21 bits per heavy atom. The van der Waals surface area contributed by atoms with Crippen molar-refractivity contribution in [1.82, 2.24) is 10.2 Å². The molecule has 42 heavy (non-hydrogen) atoms. The summed E-state index contributed by atoms with van der Waals surface area (Å²) in [6, 6.07) is 3.09. The van der Waals surface area contributed by atoms with Crippen molar-refractivity contribution in [2.45, 2.75) is 108 Å². The molecule has 0 radical (unpaired) electrons. The topological polar surface area (TPSA) is 124 Å². The smallest absolute Gasteiger partial charge is 0.329 e. The molecule has 4 aliphatic rings. The number of aliphatic hydroxyl groups is 1. The molecule has 1 saturated heterocycles. The number of piperidine rings is 1. The highest BCUT2D eigenvalue weighted by molar-refractivity contribution is 5.85. The van der Waals surface area contributed by atoms with E-state index in [-0.39, 0.29) is 37.1 Å². The molecular formula is C32H44N2O8. The molecule has 0 unspecified atom stereocenters. The third-order valence-corrected chi connectivity index (χ3v) is 9.22. The second-order valence-corrected chi connectivity index (χ2v) is 13.4. The summed E-state index contributed by atoms with van der Waals surface area (Å²) < 4.78 is 23.5. The summed E-state index contributed by atoms with van der Waals surface area (Å²) in [4.78, 5) is 40.4. The zero-order chi connectivity index (χ0) is 30.6. The Hall–Kier alpha value is -3.11. The summed E-state index contributed by atoms with van der Waals surface area (Å²) in [6.45, 7) is 9.79. The van der Waals surface area contributed by atoms with Crippen LogP contribution in [0.2, 0.25) is 0 Å². The number of benzene rings is 1. The molecule has 2 bridgehead atoms. The van der Waals surface area contributed by atoms with Gasteiger partial charge in [-0.2, -0.15) is 0 Å². The van der Waals surface area contributed by atoms with Gasteiger partial charge in [0.2, 0.25) is 5.91 Å². The van der Waals surface area contributed by atoms with Gasteiger partial charge < -0.3 is 34.3 Å². The maximum atomic E-state index is 13.0. The lowest BCUT2D eigenvalue weighted by Crippen LogP contribution is -2.74. The second kappa shape index (κ2) is 10.9. The number of ether oxygens (including phenoxy) is 4. The maximum absolute atomic E-state index is 13.0. The standard InChI is InChI=1S/C32H44N2O8/c1-18(2)26(29(37)42-30(3,4)5)33-23(35)9-8-10-24(36)40-21-13-14-32(38)22-17-19-11-12-20(39-7)27-25(19)31(32,28(21)41-27)15-16-34(22)6/h11-13,18,22,26,28,38H,8-10,14-17H2,1-7H3,(H,33,35)/t22-,26+,28+,31+,32-/m1/s1. The quantitative estimate of drug-likeness (QED) is 0.421. The molecule has 0 aromatic heterocycles. The summed E-state index contributed by atoms with van der Waals surface area (Å²) in [5, 5.41) is 15.0. The summed E-state index contributed by atoms with van der Waals surface area (Å²) in [7, 11) is 3.64. The number of rotatable bonds is 9. The van der Waals surface area contributed by atoms with Gasteiger partial charge in [0.25, 0.3) is 0 Å². The minimum Gasteiger partial charge on any atom is -0.493 e. The molecule has 1 aromatic carbocycles. The molecule has 0 saturated carbocycles. The van der Waals surface area contributed by atoms with Crippen LogP contribution >= 0.6 is 0 Å². The Kier molecular flexibility index (Phi) is 7.85. The first kappa shape index (κ1) is 30.4. The first-order valence-corrected chi connectivity index (χ1v) is 14.9. The Morgan fingerprint density at radius 3 is 2.62 bits per heavy atom. The summed E-state index contributed by atoms with van der Waals surface area (Å²) in [6.07, 6.45) is 3.14. The Morgan fingerprint density at radius 2 is 1.95 bits per heavy atom. The largest absolute Gasteiger partial charge is 0.493 e. The van der Waals surface area contributed by atoms with Crippen LogP contribution in [0.25, 0.3) is 0 Å². The molecule has 2 aliphatic heterocycles. The highest BCUT2D eigenvalue weighted by atomic mass is 16.6. The molecule has 1 fully saturated rings. The third kappa shape index (κ3) is 4.96. The van der Waals surface area contributed by atoms with Gasteiger partial charge in [-0.15, -0.1) is 0 Å². The van der Waals surface area contributed by atoms with Crippen molar-refractivity contribution in [3.05, 3.63) is 35.1 Å². The van der Waals surface area contributed by atoms with Crippen molar-refractivity contribution in [2.75, 3.05) is 20.7 Å². The first-order valence-electron chi connectivity index (χ1n) is 14.9. The minimum absolute atomic E-state index is 0.0143. The lowest BCUT2D eigenvalue weighted by Gasteiger charge is -2.61. The normalized spacial score (nSPS) is 28.3. The van der Waals surface area contributed by atoms with Crippen LogP contribution in [0.3, 0.4) is 0 Å². The summed E-state index contributed by atoms with van der Waals surface area (Å²) >= 11 is 0. The molecule has 10 heteroatoms. The van der Waals surface area contributed by atoms with E-state index in [4.69, 9.17) is 18.9 Å². The van der Waals surface area contributed by atoms with Gasteiger partial charge in [-0.25, -0.2) is 4.79 Å². The van der Waals surface area contributed by atoms with Crippen molar-refractivity contribution in [1.29, 1.82) is 0 Å². The van der Waals surface area contributed by atoms with Gasteiger partial charge in [0.1, 0.15) is 17.4 Å². The monoisotopic (exact) mass is 584 g/mol. The van der Waals surface area contributed by atoms with Gasteiger partial charge in [-0.3, -0.25) is 9.59 Å². The van der Waals surface area contributed by atoms with Crippen LogP contribution in [0, 0.1) is 5.92 Å². The molecule has 2 N–H and O–H groups in total. The number of methoxy groups -OCH3 is 1. The summed E-state index contributed by atoms with van der Waals surface area (Å²) in [5.74, 6) is 0.168. The lowest BCUT2D eigenvalue weighted by molar-refractivity contribution is -0.169. The Balaban J connectivity index is 1.26. The highest BCUT2D eigenvalue weighted by Gasteiger charge is 2.72. The van der Waals surface area contributed by atoms with Crippen molar-refractivity contribution < 1.29 is 38.4 Å². The number of nitrogens with one attached hydrogen (secondary N) is 1. The van der Waals surface area contributed by atoms with Crippen LogP contribution < -0.4 is 14.8 Å². The lowest BCUT2D eigenvalue weighted by atomic mass is 9.50. The average molecular weight is 585 g/mol. The Labute approximate surface area is 247 Å². The zero-order valence-corrected chi connectivity index (χ0v) is 25.7. The molecule has 10 nitrogen and oxygen atoms in total. The van der Waals surface area contributed by atoms with Gasteiger partial charge >= 0.3 is 11.9 Å². The number of hydrogen-bond donors (Lipinski definition) is 2. The number of hydrogen-bond acceptors (Lipinski definition) is 9. The predicted molar refractivity (Wildman–Crippen MR) is 154 cm³/mol. The molecule has 1 spiro atoms. The highest BCUT2D eigenvalue weighted by Crippen LogP contribution is 2.65. The molecule has 2 aliphatic carbocycles. The summed E-state index contributed by atoms with van der Waals surface area (Å²) in [5.41, 5.74) is -0.393. The van der Waals surface area contributed by atoms with Crippen LogP contribution in [0.5, 0.6) is 11.5 Å². The molecule has 1 aromatic rings. The van der Waals surface area contributed by atoms with Gasteiger partial charge in [0.05, 0.1) is 18.1 Å². The van der Waals surface area contributed by atoms with Crippen molar-refractivity contribution in [2.24, 2.45) is 5.92 Å². The van der Waals surface area contributed by atoms with E-state index in [9.17, 15) is 19.5 Å². The number of likely N-dealkylation sites (tertiary alicyclic amines) is 1. The van der Waals surface area contributed by atoms with Crippen LogP contribution in [0.4, 0.5) is 0 Å². The van der Waals surface area contributed by atoms with E-state index in [0.29, 0.717) is 36.5 Å². The first-order chi connectivity index (χ1) is 19.7. The van der Waals surface area contributed by atoms with E-state index in [2.05, 4.69) is 16.3 Å². The molecule has 1 amide bonds. The number of amides is 1. The van der Waals surface area contributed by atoms with Crippen LogP contribution in [-0.2, 0) is 35.7 Å². The second-order valence-electron chi connectivity index (χ2n) is 13.4. The van der Waals surface area contributed by atoms with Gasteiger partial charge in [0.15, 0.2) is 17.6 Å². The number of carbonyl (C=O) groups is 3. The molecular weight excluding hydrogens is 540 g/mol. The molecule has 5 atom stereocenters. The van der Waals surface area contributed by atoms with E-state index in [0.717, 1.165) is 17.7 Å². The van der Waals surface area contributed by atoms with E-state index in [1.807, 2.05) is 27.0 Å². The third-order valence-electron chi connectivity index (χ3n) is 9.22.